The first-order valence-corrected chi connectivity index (χ1v) is 5.91. The fourth-order valence-electron chi connectivity index (χ4n) is 1.57. The smallest absolute Gasteiger partial charge is 0.401 e. The molecule has 0 aliphatic rings. The van der Waals surface area contributed by atoms with E-state index in [2.05, 4.69) is 15.9 Å². The second-order valence-electron chi connectivity index (χ2n) is 3.93. The van der Waals surface area contributed by atoms with Gasteiger partial charge in [-0.05, 0) is 23.8 Å². The molecule has 3 nitrogen and oxygen atoms in total. The molecule has 1 aromatic carbocycles. The standard InChI is InChI=1S/C11H10BrF4NO2/c12-8-1-7(2-9(13)3-8)4-17(5-10(18)19)6-11(14,15)16/h1-3H,4-6H2,(H,18,19). The minimum absolute atomic E-state index is 0.261. The fourth-order valence-corrected chi connectivity index (χ4v) is 2.09. The van der Waals surface area contributed by atoms with Crippen LogP contribution in [0.5, 0.6) is 0 Å². The van der Waals surface area contributed by atoms with Crippen LogP contribution in [0.25, 0.3) is 0 Å². The van der Waals surface area contributed by atoms with Crippen LogP contribution in [0.15, 0.2) is 22.7 Å². The normalized spacial score (nSPS) is 11.9. The minimum Gasteiger partial charge on any atom is -0.480 e. The SMILES string of the molecule is O=C(O)CN(Cc1cc(F)cc(Br)c1)CC(F)(F)F. The van der Waals surface area contributed by atoms with Crippen LogP contribution in [0.3, 0.4) is 0 Å². The molecule has 0 aliphatic carbocycles. The van der Waals surface area contributed by atoms with Crippen molar-refractivity contribution in [2.75, 3.05) is 13.1 Å². The van der Waals surface area contributed by atoms with Crippen molar-refractivity contribution in [1.29, 1.82) is 0 Å². The number of aliphatic carboxylic acids is 1. The second kappa shape index (κ2) is 6.33. The number of benzene rings is 1. The molecule has 0 fully saturated rings. The van der Waals surface area contributed by atoms with E-state index in [1.807, 2.05) is 0 Å². The lowest BCUT2D eigenvalue weighted by atomic mass is 10.2. The van der Waals surface area contributed by atoms with Gasteiger partial charge in [0.2, 0.25) is 0 Å². The molecule has 0 unspecified atom stereocenters. The summed E-state index contributed by atoms with van der Waals surface area (Å²) in [4.78, 5) is 11.2. The molecule has 0 aliphatic heterocycles. The molecule has 0 radical (unpaired) electrons. The molecule has 106 valence electrons. The lowest BCUT2D eigenvalue weighted by Crippen LogP contribution is -2.37. The number of nitrogens with zero attached hydrogens (tertiary/aromatic N) is 1. The first-order valence-electron chi connectivity index (χ1n) is 5.11. The Morgan fingerprint density at radius 2 is 1.95 bits per heavy atom. The highest BCUT2D eigenvalue weighted by atomic mass is 79.9. The molecule has 0 amide bonds. The molecule has 0 saturated heterocycles. The Morgan fingerprint density at radius 3 is 2.42 bits per heavy atom. The monoisotopic (exact) mass is 343 g/mol. The summed E-state index contributed by atoms with van der Waals surface area (Å²) in [5, 5.41) is 8.58. The summed E-state index contributed by atoms with van der Waals surface area (Å²) in [7, 11) is 0. The lowest BCUT2D eigenvalue weighted by Gasteiger charge is -2.21. The van der Waals surface area contributed by atoms with E-state index in [4.69, 9.17) is 5.11 Å². The number of alkyl halides is 3. The van der Waals surface area contributed by atoms with Crippen LogP contribution < -0.4 is 0 Å². The van der Waals surface area contributed by atoms with Gasteiger partial charge >= 0.3 is 12.1 Å². The maximum atomic E-state index is 13.1. The van der Waals surface area contributed by atoms with Crippen LogP contribution >= 0.6 is 15.9 Å². The van der Waals surface area contributed by atoms with Gasteiger partial charge in [-0.25, -0.2) is 4.39 Å². The highest BCUT2D eigenvalue weighted by Gasteiger charge is 2.31. The highest BCUT2D eigenvalue weighted by Crippen LogP contribution is 2.20. The molecular formula is C11H10BrF4NO2. The third-order valence-electron chi connectivity index (χ3n) is 2.09. The number of carboxylic acids is 1. The first-order chi connectivity index (χ1) is 8.65. The molecule has 0 atom stereocenters. The molecule has 0 bridgehead atoms. The largest absolute Gasteiger partial charge is 0.480 e. The fraction of sp³-hybridized carbons (Fsp3) is 0.364. The molecule has 1 N–H and O–H groups in total. The van der Waals surface area contributed by atoms with Gasteiger partial charge in [0, 0.05) is 11.0 Å². The van der Waals surface area contributed by atoms with Gasteiger partial charge in [-0.1, -0.05) is 15.9 Å². The van der Waals surface area contributed by atoms with Crippen molar-refractivity contribution in [3.8, 4) is 0 Å². The maximum absolute atomic E-state index is 13.1. The Labute approximate surface area is 115 Å². The number of rotatable bonds is 5. The van der Waals surface area contributed by atoms with Gasteiger partial charge < -0.3 is 5.11 Å². The van der Waals surface area contributed by atoms with E-state index >= 15 is 0 Å². The zero-order valence-electron chi connectivity index (χ0n) is 9.55. The summed E-state index contributed by atoms with van der Waals surface area (Å²) >= 11 is 3.02. The van der Waals surface area contributed by atoms with E-state index in [1.165, 1.54) is 6.07 Å². The molecule has 0 heterocycles. The van der Waals surface area contributed by atoms with Crippen molar-refractivity contribution < 1.29 is 27.5 Å². The van der Waals surface area contributed by atoms with Gasteiger partial charge in [0.05, 0.1) is 13.1 Å². The molecule has 1 aromatic rings. The predicted octanol–water partition coefficient (Wildman–Crippen LogP) is 3.04. The van der Waals surface area contributed by atoms with Gasteiger partial charge in [0.25, 0.3) is 0 Å². The minimum atomic E-state index is -4.51. The summed E-state index contributed by atoms with van der Waals surface area (Å²) in [6.07, 6.45) is -4.51. The lowest BCUT2D eigenvalue weighted by molar-refractivity contribution is -0.154. The third-order valence-corrected chi connectivity index (χ3v) is 2.55. The van der Waals surface area contributed by atoms with Crippen LogP contribution in [0.1, 0.15) is 5.56 Å². The van der Waals surface area contributed by atoms with Crippen molar-refractivity contribution in [2.45, 2.75) is 12.7 Å². The molecule has 0 spiro atoms. The van der Waals surface area contributed by atoms with Crippen LogP contribution in [-0.2, 0) is 11.3 Å². The molecule has 1 rings (SSSR count). The Bertz CT molecular complexity index is 444. The van der Waals surface area contributed by atoms with Gasteiger partial charge in [-0.3, -0.25) is 9.69 Å². The van der Waals surface area contributed by atoms with E-state index < -0.39 is 31.1 Å². The van der Waals surface area contributed by atoms with Crippen molar-refractivity contribution in [1.82, 2.24) is 4.90 Å². The van der Waals surface area contributed by atoms with Crippen molar-refractivity contribution in [3.63, 3.8) is 0 Å². The Hall–Kier alpha value is -1.15. The number of hydrogen-bond acceptors (Lipinski definition) is 2. The van der Waals surface area contributed by atoms with Crippen molar-refractivity contribution in [2.24, 2.45) is 0 Å². The summed E-state index contributed by atoms with van der Waals surface area (Å²) < 4.78 is 50.4. The average molecular weight is 344 g/mol. The summed E-state index contributed by atoms with van der Waals surface area (Å²) in [6, 6.07) is 3.67. The first kappa shape index (κ1) is 15.9. The van der Waals surface area contributed by atoms with Crippen LogP contribution in [-0.4, -0.2) is 35.2 Å². The zero-order chi connectivity index (χ0) is 14.6. The summed E-state index contributed by atoms with van der Waals surface area (Å²) in [5.74, 6) is -1.98. The van der Waals surface area contributed by atoms with E-state index in [1.54, 1.807) is 0 Å². The van der Waals surface area contributed by atoms with E-state index in [9.17, 15) is 22.4 Å². The predicted molar refractivity (Wildman–Crippen MR) is 63.1 cm³/mol. The summed E-state index contributed by atoms with van der Waals surface area (Å²) in [5.41, 5.74) is 0.261. The topological polar surface area (TPSA) is 40.5 Å². The van der Waals surface area contributed by atoms with Gasteiger partial charge in [-0.15, -0.1) is 0 Å². The summed E-state index contributed by atoms with van der Waals surface area (Å²) in [6.45, 7) is -2.44. The van der Waals surface area contributed by atoms with Crippen molar-refractivity contribution >= 4 is 21.9 Å². The average Bonchev–Trinajstić information content (AvgIpc) is 2.10. The molecule has 0 aromatic heterocycles. The molecule has 8 heteroatoms. The number of halogens is 5. The van der Waals surface area contributed by atoms with E-state index in [0.29, 0.717) is 9.37 Å². The van der Waals surface area contributed by atoms with Crippen molar-refractivity contribution in [3.05, 3.63) is 34.1 Å². The third kappa shape index (κ3) is 6.53. The number of carboxylic acid groups (broad SMARTS) is 1. The Kier molecular flexibility index (Phi) is 5.30. The Balaban J connectivity index is 2.84. The number of hydrogen-bond donors (Lipinski definition) is 1. The van der Waals surface area contributed by atoms with Crippen LogP contribution in [0.2, 0.25) is 0 Å². The van der Waals surface area contributed by atoms with Crippen LogP contribution in [0.4, 0.5) is 17.6 Å². The number of carbonyl (C=O) groups is 1. The highest BCUT2D eigenvalue weighted by molar-refractivity contribution is 9.10. The quantitative estimate of drug-likeness (QED) is 0.835. The molecule has 0 saturated carbocycles. The van der Waals surface area contributed by atoms with Gasteiger partial charge in [-0.2, -0.15) is 13.2 Å². The van der Waals surface area contributed by atoms with E-state index in [-0.39, 0.29) is 12.1 Å². The van der Waals surface area contributed by atoms with Gasteiger partial charge in [0.1, 0.15) is 5.82 Å². The maximum Gasteiger partial charge on any atom is 0.401 e. The van der Waals surface area contributed by atoms with E-state index in [0.717, 1.165) is 12.1 Å². The van der Waals surface area contributed by atoms with Gasteiger partial charge in [0.15, 0.2) is 0 Å². The molecular weight excluding hydrogens is 334 g/mol. The van der Waals surface area contributed by atoms with Crippen LogP contribution in [0, 0.1) is 5.82 Å². The zero-order valence-corrected chi connectivity index (χ0v) is 11.1. The second-order valence-corrected chi connectivity index (χ2v) is 4.85. The molecule has 19 heavy (non-hydrogen) atoms. The Morgan fingerprint density at radius 1 is 1.32 bits per heavy atom.